The summed E-state index contributed by atoms with van der Waals surface area (Å²) in [7, 11) is 0. The molecule has 0 aromatic rings. The Morgan fingerprint density at radius 3 is 2.36 bits per heavy atom. The first-order valence-corrected chi connectivity index (χ1v) is 10.0. The van der Waals surface area contributed by atoms with E-state index in [4.69, 9.17) is 14.2 Å². The molecule has 0 aromatic heterocycles. The van der Waals surface area contributed by atoms with E-state index in [9.17, 15) is 4.79 Å². The Hall–Kier alpha value is -0.870. The van der Waals surface area contributed by atoms with Crippen LogP contribution < -0.4 is 0 Å². The van der Waals surface area contributed by atoms with Crippen LogP contribution in [0.4, 0.5) is 0 Å². The molecule has 0 aromatic carbocycles. The number of rotatable bonds is 7. The maximum absolute atomic E-state index is 12.2. The molecule has 4 nitrogen and oxygen atoms in total. The van der Waals surface area contributed by atoms with Crippen LogP contribution in [-0.2, 0) is 19.0 Å². The standard InChI is InChI=1S/C21H32O4/c1-4-19(5-7-23-19)6-8-24-20-10-16-9-17(11-20)13-21(12-16,14-20)25-18(22)15(2)3/h16-17H,2,4-14H2,1,3H3. The lowest BCUT2D eigenvalue weighted by molar-refractivity contribution is -0.238. The van der Waals surface area contributed by atoms with Gasteiger partial charge in [-0.15, -0.1) is 0 Å². The largest absolute Gasteiger partial charge is 0.456 e. The second kappa shape index (κ2) is 6.09. The van der Waals surface area contributed by atoms with Gasteiger partial charge in [0.05, 0.1) is 24.4 Å². The van der Waals surface area contributed by atoms with Crippen molar-refractivity contribution in [3.05, 3.63) is 12.2 Å². The van der Waals surface area contributed by atoms with E-state index in [-0.39, 0.29) is 22.8 Å². The Bertz CT molecular complexity index is 543. The van der Waals surface area contributed by atoms with Crippen LogP contribution in [0.2, 0.25) is 0 Å². The topological polar surface area (TPSA) is 44.8 Å². The normalized spacial score (nSPS) is 44.4. The van der Waals surface area contributed by atoms with E-state index >= 15 is 0 Å². The molecule has 3 unspecified atom stereocenters. The molecule has 4 aliphatic carbocycles. The van der Waals surface area contributed by atoms with Gasteiger partial charge in [-0.3, -0.25) is 0 Å². The van der Waals surface area contributed by atoms with E-state index in [2.05, 4.69) is 13.5 Å². The van der Waals surface area contributed by atoms with Crippen LogP contribution in [0.5, 0.6) is 0 Å². The highest BCUT2D eigenvalue weighted by atomic mass is 16.6. The number of esters is 1. The van der Waals surface area contributed by atoms with Gasteiger partial charge in [-0.2, -0.15) is 0 Å². The molecule has 4 heteroatoms. The molecule has 140 valence electrons. The van der Waals surface area contributed by atoms with E-state index in [1.165, 1.54) is 6.42 Å². The highest BCUT2D eigenvalue weighted by Crippen LogP contribution is 2.60. The predicted octanol–water partition coefficient (Wildman–Crippen LogP) is 4.17. The van der Waals surface area contributed by atoms with Crippen LogP contribution in [0, 0.1) is 11.8 Å². The molecular weight excluding hydrogens is 316 g/mol. The number of hydrogen-bond acceptors (Lipinski definition) is 4. The van der Waals surface area contributed by atoms with Crippen molar-refractivity contribution in [2.45, 2.75) is 88.4 Å². The van der Waals surface area contributed by atoms with E-state index in [0.29, 0.717) is 17.4 Å². The zero-order valence-electron chi connectivity index (χ0n) is 15.8. The lowest BCUT2D eigenvalue weighted by atomic mass is 9.52. The minimum absolute atomic E-state index is 0.0619. The summed E-state index contributed by atoms with van der Waals surface area (Å²) >= 11 is 0. The van der Waals surface area contributed by atoms with Gasteiger partial charge in [-0.25, -0.2) is 4.79 Å². The maximum atomic E-state index is 12.2. The lowest BCUT2D eigenvalue weighted by Crippen LogP contribution is -2.61. The predicted molar refractivity (Wildman–Crippen MR) is 95.2 cm³/mol. The van der Waals surface area contributed by atoms with Gasteiger partial charge in [-0.05, 0) is 70.1 Å². The molecule has 4 bridgehead atoms. The van der Waals surface area contributed by atoms with Gasteiger partial charge in [0.25, 0.3) is 0 Å². The van der Waals surface area contributed by atoms with Crippen LogP contribution in [-0.4, -0.2) is 36.0 Å². The van der Waals surface area contributed by atoms with E-state index in [1.807, 2.05) is 0 Å². The Morgan fingerprint density at radius 2 is 1.84 bits per heavy atom. The zero-order valence-corrected chi connectivity index (χ0v) is 15.8. The molecule has 25 heavy (non-hydrogen) atoms. The SMILES string of the molecule is C=C(C)C(=O)OC12CC3CC(CC(OCCC4(CC)CCO4)(C3)C1)C2. The van der Waals surface area contributed by atoms with Crippen LogP contribution in [0.3, 0.4) is 0 Å². The van der Waals surface area contributed by atoms with E-state index in [0.717, 1.165) is 64.6 Å². The first-order chi connectivity index (χ1) is 11.9. The Labute approximate surface area is 151 Å². The third kappa shape index (κ3) is 3.16. The molecule has 4 saturated carbocycles. The average molecular weight is 348 g/mol. The second-order valence-electron chi connectivity index (χ2n) is 9.23. The maximum Gasteiger partial charge on any atom is 0.333 e. The van der Waals surface area contributed by atoms with E-state index in [1.54, 1.807) is 6.92 Å². The minimum Gasteiger partial charge on any atom is -0.456 e. The highest BCUT2D eigenvalue weighted by Gasteiger charge is 2.60. The first-order valence-electron chi connectivity index (χ1n) is 10.0. The van der Waals surface area contributed by atoms with Gasteiger partial charge >= 0.3 is 5.97 Å². The van der Waals surface area contributed by atoms with Crippen molar-refractivity contribution in [1.82, 2.24) is 0 Å². The monoisotopic (exact) mass is 348 g/mol. The summed E-state index contributed by atoms with van der Waals surface area (Å²) in [6, 6.07) is 0. The van der Waals surface area contributed by atoms with Crippen molar-refractivity contribution >= 4 is 5.97 Å². The average Bonchev–Trinajstić information content (AvgIpc) is 2.48. The third-order valence-electron chi connectivity index (χ3n) is 7.19. The molecule has 0 N–H and O–H groups in total. The number of carbonyl (C=O) groups is 1. The van der Waals surface area contributed by atoms with Gasteiger partial charge in [0, 0.05) is 12.0 Å². The van der Waals surface area contributed by atoms with Crippen molar-refractivity contribution in [1.29, 1.82) is 0 Å². The lowest BCUT2D eigenvalue weighted by Gasteiger charge is -2.60. The molecule has 0 amide bonds. The van der Waals surface area contributed by atoms with Gasteiger partial charge in [0.15, 0.2) is 0 Å². The number of ether oxygens (including phenoxy) is 3. The first kappa shape index (κ1) is 17.5. The molecule has 5 fully saturated rings. The van der Waals surface area contributed by atoms with Crippen molar-refractivity contribution in [3.63, 3.8) is 0 Å². The fraction of sp³-hybridized carbons (Fsp3) is 0.857. The zero-order chi connectivity index (χ0) is 17.7. The molecule has 1 saturated heterocycles. The number of carbonyl (C=O) groups excluding carboxylic acids is 1. The molecular formula is C21H32O4. The fourth-order valence-corrected chi connectivity index (χ4v) is 6.17. The Kier molecular flexibility index (Phi) is 4.27. The highest BCUT2D eigenvalue weighted by molar-refractivity contribution is 5.87. The van der Waals surface area contributed by atoms with Crippen molar-refractivity contribution < 1.29 is 19.0 Å². The summed E-state index contributed by atoms with van der Waals surface area (Å²) < 4.78 is 18.4. The molecule has 1 aliphatic heterocycles. The van der Waals surface area contributed by atoms with Gasteiger partial charge in [0.2, 0.25) is 0 Å². The van der Waals surface area contributed by atoms with Crippen LogP contribution in [0.15, 0.2) is 12.2 Å². The van der Waals surface area contributed by atoms with Crippen molar-refractivity contribution in [2.75, 3.05) is 13.2 Å². The summed E-state index contributed by atoms with van der Waals surface area (Å²) in [5, 5.41) is 0. The quantitative estimate of drug-likeness (QED) is 0.511. The smallest absolute Gasteiger partial charge is 0.333 e. The molecule has 5 rings (SSSR count). The van der Waals surface area contributed by atoms with Crippen molar-refractivity contribution in [2.24, 2.45) is 11.8 Å². The van der Waals surface area contributed by atoms with Gasteiger partial charge in [-0.1, -0.05) is 13.5 Å². The molecule has 1 heterocycles. The van der Waals surface area contributed by atoms with Gasteiger partial charge < -0.3 is 14.2 Å². The summed E-state index contributed by atoms with van der Waals surface area (Å²) in [4.78, 5) is 12.2. The van der Waals surface area contributed by atoms with Crippen LogP contribution >= 0.6 is 0 Å². The Balaban J connectivity index is 1.43. The molecule has 0 radical (unpaired) electrons. The molecule has 5 aliphatic rings. The molecule has 0 spiro atoms. The summed E-state index contributed by atoms with van der Waals surface area (Å²) in [5.74, 6) is 1.04. The fourth-order valence-electron chi connectivity index (χ4n) is 6.17. The summed E-state index contributed by atoms with van der Waals surface area (Å²) in [6.45, 7) is 9.34. The third-order valence-corrected chi connectivity index (χ3v) is 7.19. The Morgan fingerprint density at radius 1 is 1.20 bits per heavy atom. The van der Waals surface area contributed by atoms with Crippen molar-refractivity contribution in [3.8, 4) is 0 Å². The number of hydrogen-bond donors (Lipinski definition) is 0. The van der Waals surface area contributed by atoms with Gasteiger partial charge in [0.1, 0.15) is 5.60 Å². The minimum atomic E-state index is -0.310. The second-order valence-corrected chi connectivity index (χ2v) is 9.23. The summed E-state index contributed by atoms with van der Waals surface area (Å²) in [6.07, 6.45) is 9.64. The van der Waals surface area contributed by atoms with Crippen LogP contribution in [0.1, 0.15) is 71.6 Å². The summed E-state index contributed by atoms with van der Waals surface area (Å²) in [5.41, 5.74) is 0.165. The van der Waals surface area contributed by atoms with Crippen LogP contribution in [0.25, 0.3) is 0 Å². The van der Waals surface area contributed by atoms with E-state index < -0.39 is 0 Å². The molecule has 3 atom stereocenters.